The molecule has 0 atom stereocenters. The second-order valence-electron chi connectivity index (χ2n) is 4.05. The molecule has 0 aromatic heterocycles. The summed E-state index contributed by atoms with van der Waals surface area (Å²) >= 11 is 0. The summed E-state index contributed by atoms with van der Waals surface area (Å²) in [6.07, 6.45) is 0. The van der Waals surface area contributed by atoms with Crippen LogP contribution >= 0.6 is 0 Å². The van der Waals surface area contributed by atoms with Gasteiger partial charge in [-0.05, 0) is 36.4 Å². The van der Waals surface area contributed by atoms with E-state index >= 15 is 0 Å². The summed E-state index contributed by atoms with van der Waals surface area (Å²) < 4.78 is 12.7. The van der Waals surface area contributed by atoms with Crippen LogP contribution in [0.3, 0.4) is 0 Å². The number of hydrogen-bond acceptors (Lipinski definition) is 3. The van der Waals surface area contributed by atoms with Crippen LogP contribution in [-0.4, -0.2) is 22.6 Å². The molecule has 0 spiro atoms. The molecule has 0 radical (unpaired) electrons. The molecule has 100 valence electrons. The Balaban J connectivity index is 2.24. The number of carbonyl (C=O) groups is 3. The lowest BCUT2D eigenvalue weighted by Gasteiger charge is -2.01. The largest absolute Gasteiger partial charge is 0.478 e. The van der Waals surface area contributed by atoms with E-state index in [9.17, 15) is 18.8 Å². The zero-order chi connectivity index (χ0) is 14.7. The van der Waals surface area contributed by atoms with E-state index in [1.54, 1.807) is 0 Å². The number of carboxylic acid groups (broad SMARTS) is 1. The average Bonchev–Trinajstić information content (AvgIpc) is 2.46. The SMILES string of the molecule is O=C(O)c1ccc(C(=O)C(=O)c2ccc(F)cc2)cc1. The van der Waals surface area contributed by atoms with E-state index in [2.05, 4.69) is 0 Å². The van der Waals surface area contributed by atoms with E-state index in [4.69, 9.17) is 5.11 Å². The molecule has 0 saturated heterocycles. The fourth-order valence-corrected chi connectivity index (χ4v) is 1.63. The Morgan fingerprint density at radius 1 is 0.700 bits per heavy atom. The first-order chi connectivity index (χ1) is 9.49. The molecule has 0 unspecified atom stereocenters. The summed E-state index contributed by atoms with van der Waals surface area (Å²) in [5.74, 6) is -3.16. The molecule has 0 amide bonds. The molecule has 1 N–H and O–H groups in total. The first-order valence-electron chi connectivity index (χ1n) is 5.67. The standard InChI is InChI=1S/C15H9FO4/c16-12-7-5-10(6-8-12)14(18)13(17)9-1-3-11(4-2-9)15(19)20/h1-8H,(H,19,20). The molecule has 0 fully saturated rings. The number of benzene rings is 2. The minimum atomic E-state index is -1.12. The molecular formula is C15H9FO4. The number of carboxylic acids is 1. The van der Waals surface area contributed by atoms with E-state index in [0.717, 1.165) is 12.1 Å². The minimum absolute atomic E-state index is 0.0239. The molecule has 0 saturated carbocycles. The number of ketones is 2. The third-order valence-corrected chi connectivity index (χ3v) is 2.71. The van der Waals surface area contributed by atoms with Crippen molar-refractivity contribution in [2.45, 2.75) is 0 Å². The van der Waals surface area contributed by atoms with Crippen molar-refractivity contribution in [1.82, 2.24) is 0 Å². The van der Waals surface area contributed by atoms with E-state index in [-0.39, 0.29) is 16.7 Å². The molecule has 0 aliphatic rings. The Morgan fingerprint density at radius 2 is 1.05 bits per heavy atom. The van der Waals surface area contributed by atoms with Crippen LogP contribution in [-0.2, 0) is 0 Å². The van der Waals surface area contributed by atoms with Gasteiger partial charge in [-0.15, -0.1) is 0 Å². The van der Waals surface area contributed by atoms with Crippen molar-refractivity contribution in [3.05, 3.63) is 71.0 Å². The van der Waals surface area contributed by atoms with Crippen molar-refractivity contribution in [1.29, 1.82) is 0 Å². The van der Waals surface area contributed by atoms with Crippen molar-refractivity contribution in [2.24, 2.45) is 0 Å². The number of halogens is 1. The Kier molecular flexibility index (Phi) is 3.70. The zero-order valence-electron chi connectivity index (χ0n) is 10.2. The van der Waals surface area contributed by atoms with E-state index in [1.807, 2.05) is 0 Å². The van der Waals surface area contributed by atoms with E-state index in [1.165, 1.54) is 36.4 Å². The minimum Gasteiger partial charge on any atom is -0.478 e. The van der Waals surface area contributed by atoms with Crippen LogP contribution in [0.1, 0.15) is 31.1 Å². The predicted molar refractivity (Wildman–Crippen MR) is 68.5 cm³/mol. The number of carbonyl (C=O) groups excluding carboxylic acids is 2. The summed E-state index contributed by atoms with van der Waals surface area (Å²) in [7, 11) is 0. The number of aromatic carboxylic acids is 1. The molecule has 0 heterocycles. The molecule has 0 aliphatic carbocycles. The fourth-order valence-electron chi connectivity index (χ4n) is 1.63. The van der Waals surface area contributed by atoms with Gasteiger partial charge in [0.15, 0.2) is 0 Å². The van der Waals surface area contributed by atoms with Crippen LogP contribution in [0.25, 0.3) is 0 Å². The summed E-state index contributed by atoms with van der Waals surface area (Å²) in [5, 5.41) is 8.74. The molecule has 0 bridgehead atoms. The summed E-state index contributed by atoms with van der Waals surface area (Å²) in [6, 6.07) is 9.66. The van der Waals surface area contributed by atoms with E-state index in [0.29, 0.717) is 0 Å². The van der Waals surface area contributed by atoms with Gasteiger partial charge in [0.25, 0.3) is 0 Å². The first kappa shape index (κ1) is 13.6. The molecule has 2 aromatic carbocycles. The Hall–Kier alpha value is -2.82. The van der Waals surface area contributed by atoms with Crippen LogP contribution in [0.15, 0.2) is 48.5 Å². The van der Waals surface area contributed by atoms with Crippen molar-refractivity contribution in [3.63, 3.8) is 0 Å². The van der Waals surface area contributed by atoms with Gasteiger partial charge < -0.3 is 5.11 Å². The maximum atomic E-state index is 12.7. The van der Waals surface area contributed by atoms with Crippen LogP contribution in [0.4, 0.5) is 4.39 Å². The number of rotatable bonds is 4. The highest BCUT2D eigenvalue weighted by Gasteiger charge is 2.18. The van der Waals surface area contributed by atoms with Gasteiger partial charge in [-0.3, -0.25) is 9.59 Å². The molecular weight excluding hydrogens is 263 g/mol. The van der Waals surface area contributed by atoms with Gasteiger partial charge in [0, 0.05) is 11.1 Å². The third kappa shape index (κ3) is 2.77. The second kappa shape index (κ2) is 5.44. The van der Waals surface area contributed by atoms with Crippen molar-refractivity contribution >= 4 is 17.5 Å². The fraction of sp³-hybridized carbons (Fsp3) is 0. The van der Waals surface area contributed by atoms with Crippen LogP contribution in [0, 0.1) is 5.82 Å². The highest BCUT2D eigenvalue weighted by atomic mass is 19.1. The molecule has 4 nitrogen and oxygen atoms in total. The van der Waals surface area contributed by atoms with Gasteiger partial charge in [0.2, 0.25) is 11.6 Å². The Morgan fingerprint density at radius 3 is 1.45 bits per heavy atom. The highest BCUT2D eigenvalue weighted by molar-refractivity contribution is 6.49. The van der Waals surface area contributed by atoms with Gasteiger partial charge >= 0.3 is 5.97 Å². The van der Waals surface area contributed by atoms with Gasteiger partial charge in [-0.2, -0.15) is 0 Å². The van der Waals surface area contributed by atoms with Crippen molar-refractivity contribution in [3.8, 4) is 0 Å². The van der Waals surface area contributed by atoms with Crippen LogP contribution in [0.5, 0.6) is 0 Å². The maximum Gasteiger partial charge on any atom is 0.335 e. The zero-order valence-corrected chi connectivity index (χ0v) is 10.2. The summed E-state index contributed by atoms with van der Waals surface area (Å²) in [6.45, 7) is 0. The molecule has 20 heavy (non-hydrogen) atoms. The van der Waals surface area contributed by atoms with Gasteiger partial charge in [0.1, 0.15) is 5.82 Å². The van der Waals surface area contributed by atoms with Gasteiger partial charge in [-0.1, -0.05) is 12.1 Å². The summed E-state index contributed by atoms with van der Waals surface area (Å²) in [5.41, 5.74) is 0.193. The first-order valence-corrected chi connectivity index (χ1v) is 5.67. The third-order valence-electron chi connectivity index (χ3n) is 2.71. The maximum absolute atomic E-state index is 12.7. The number of hydrogen-bond donors (Lipinski definition) is 1. The number of Topliss-reactive ketones (excluding diaryl/α,β-unsaturated/α-hetero) is 2. The molecule has 2 rings (SSSR count). The second-order valence-corrected chi connectivity index (χ2v) is 4.05. The summed E-state index contributed by atoms with van der Waals surface area (Å²) in [4.78, 5) is 34.5. The Labute approximate surface area is 113 Å². The molecule has 2 aromatic rings. The topological polar surface area (TPSA) is 71.4 Å². The molecule has 0 aliphatic heterocycles. The van der Waals surface area contributed by atoms with Crippen molar-refractivity contribution < 1.29 is 23.9 Å². The monoisotopic (exact) mass is 272 g/mol. The van der Waals surface area contributed by atoms with E-state index < -0.39 is 23.4 Å². The van der Waals surface area contributed by atoms with Gasteiger partial charge in [0.05, 0.1) is 5.56 Å². The van der Waals surface area contributed by atoms with Crippen LogP contribution < -0.4 is 0 Å². The van der Waals surface area contributed by atoms with Gasteiger partial charge in [-0.25, -0.2) is 9.18 Å². The smallest absolute Gasteiger partial charge is 0.335 e. The molecule has 5 heteroatoms. The predicted octanol–water partition coefficient (Wildman–Crippen LogP) is 2.59. The quantitative estimate of drug-likeness (QED) is 0.686. The average molecular weight is 272 g/mol. The highest BCUT2D eigenvalue weighted by Crippen LogP contribution is 2.10. The van der Waals surface area contributed by atoms with Crippen molar-refractivity contribution in [2.75, 3.05) is 0 Å². The lowest BCUT2D eigenvalue weighted by molar-refractivity contribution is 0.0696. The normalized spacial score (nSPS) is 10.1. The Bertz CT molecular complexity index is 672. The lowest BCUT2D eigenvalue weighted by Crippen LogP contribution is -2.14. The lowest BCUT2D eigenvalue weighted by atomic mass is 10.0. The van der Waals surface area contributed by atoms with Crippen LogP contribution in [0.2, 0.25) is 0 Å².